The van der Waals surface area contributed by atoms with Crippen LogP contribution in [0.2, 0.25) is 0 Å². The van der Waals surface area contributed by atoms with Gasteiger partial charge in [0.2, 0.25) is 10.0 Å². The molecule has 0 aromatic carbocycles. The van der Waals surface area contributed by atoms with Crippen molar-refractivity contribution in [3.63, 3.8) is 0 Å². The Morgan fingerprint density at radius 2 is 2.10 bits per heavy atom. The van der Waals surface area contributed by atoms with Crippen molar-refractivity contribution in [2.45, 2.75) is 24.7 Å². The van der Waals surface area contributed by atoms with Crippen LogP contribution in [-0.2, 0) is 10.0 Å². The van der Waals surface area contributed by atoms with Crippen LogP contribution in [0.5, 0.6) is 0 Å². The molecule has 1 aliphatic rings. The van der Waals surface area contributed by atoms with Crippen molar-refractivity contribution in [2.24, 2.45) is 5.41 Å². The highest BCUT2D eigenvalue weighted by molar-refractivity contribution is 7.89. The summed E-state index contributed by atoms with van der Waals surface area (Å²) in [4.78, 5) is 13.1. The van der Waals surface area contributed by atoms with Crippen LogP contribution < -0.4 is 4.72 Å². The molecule has 0 saturated carbocycles. The molecule has 6 nitrogen and oxygen atoms in total. The highest BCUT2D eigenvalue weighted by Gasteiger charge is 2.30. The highest BCUT2D eigenvalue weighted by atomic mass is 32.2. The first-order valence-corrected chi connectivity index (χ1v) is 9.08. The number of likely N-dealkylation sites (tertiary alicyclic amines) is 1. The Morgan fingerprint density at radius 1 is 1.48 bits per heavy atom. The van der Waals surface area contributed by atoms with Gasteiger partial charge in [-0.25, -0.2) is 17.9 Å². The van der Waals surface area contributed by atoms with Crippen molar-refractivity contribution in [3.05, 3.63) is 16.3 Å². The Balaban J connectivity index is 2.02. The van der Waals surface area contributed by atoms with E-state index in [1.807, 2.05) is 0 Å². The maximum atomic E-state index is 12.2. The molecular formula is C13H20N2O4S2. The third-order valence-electron chi connectivity index (χ3n) is 3.98. The molecule has 2 heterocycles. The van der Waals surface area contributed by atoms with Crippen LogP contribution >= 0.6 is 11.3 Å². The zero-order valence-corrected chi connectivity index (χ0v) is 13.8. The zero-order chi connectivity index (χ0) is 15.7. The van der Waals surface area contributed by atoms with Crippen LogP contribution in [0, 0.1) is 5.41 Å². The molecule has 1 saturated heterocycles. The summed E-state index contributed by atoms with van der Waals surface area (Å²) in [5.41, 5.74) is -0.0504. The molecule has 0 unspecified atom stereocenters. The predicted octanol–water partition coefficient (Wildman–Crippen LogP) is 1.46. The van der Waals surface area contributed by atoms with E-state index in [9.17, 15) is 13.2 Å². The second kappa shape index (κ2) is 6.04. The van der Waals surface area contributed by atoms with Gasteiger partial charge in [0.05, 0.1) is 4.90 Å². The first-order chi connectivity index (χ1) is 9.72. The Bertz CT molecular complexity index is 616. The normalized spacial score (nSPS) is 19.5. The number of sulfonamides is 1. The lowest BCUT2D eigenvalue weighted by Gasteiger charge is -2.37. The molecular weight excluding hydrogens is 312 g/mol. The fourth-order valence-corrected chi connectivity index (χ4v) is 4.57. The maximum Gasteiger partial charge on any atom is 0.345 e. The smallest absolute Gasteiger partial charge is 0.345 e. The van der Waals surface area contributed by atoms with Gasteiger partial charge < -0.3 is 10.0 Å². The number of hydrogen-bond donors (Lipinski definition) is 2. The molecule has 118 valence electrons. The number of aromatic carboxylic acids is 1. The van der Waals surface area contributed by atoms with Gasteiger partial charge >= 0.3 is 5.97 Å². The molecule has 2 rings (SSSR count). The fourth-order valence-electron chi connectivity index (χ4n) is 2.26. The van der Waals surface area contributed by atoms with Crippen LogP contribution in [0.1, 0.15) is 29.4 Å². The molecule has 0 aliphatic carbocycles. The van der Waals surface area contributed by atoms with Crippen LogP contribution in [0.15, 0.2) is 16.3 Å². The van der Waals surface area contributed by atoms with E-state index in [1.54, 1.807) is 0 Å². The molecule has 0 bridgehead atoms. The number of hydrogen-bond acceptors (Lipinski definition) is 5. The fraction of sp³-hybridized carbons (Fsp3) is 0.615. The van der Waals surface area contributed by atoms with Gasteiger partial charge in [0.25, 0.3) is 0 Å². The molecule has 2 N–H and O–H groups in total. The number of rotatable bonds is 5. The summed E-state index contributed by atoms with van der Waals surface area (Å²) in [5, 5.41) is 10.2. The molecule has 0 amide bonds. The maximum absolute atomic E-state index is 12.2. The van der Waals surface area contributed by atoms with Crippen LogP contribution in [0.25, 0.3) is 0 Å². The summed E-state index contributed by atoms with van der Waals surface area (Å²) in [5.74, 6) is -1.11. The van der Waals surface area contributed by atoms with Gasteiger partial charge in [-0.05, 0) is 44.5 Å². The lowest BCUT2D eigenvalue weighted by Crippen LogP contribution is -2.43. The van der Waals surface area contributed by atoms with Crippen molar-refractivity contribution in [2.75, 3.05) is 26.7 Å². The van der Waals surface area contributed by atoms with Crippen molar-refractivity contribution in [3.8, 4) is 0 Å². The number of nitrogens with one attached hydrogen (secondary N) is 1. The van der Waals surface area contributed by atoms with Crippen molar-refractivity contribution in [1.29, 1.82) is 0 Å². The lowest BCUT2D eigenvalue weighted by atomic mass is 9.81. The third-order valence-corrected chi connectivity index (χ3v) is 6.43. The third kappa shape index (κ3) is 4.03. The SMILES string of the molecule is CN1CCC(C)(CNS(=O)(=O)c2csc(C(=O)O)c2)CC1. The molecule has 1 aromatic rings. The minimum absolute atomic E-state index is 0.0286. The number of carboxylic acids is 1. The van der Waals surface area contributed by atoms with Crippen molar-refractivity contribution in [1.82, 2.24) is 9.62 Å². The van der Waals surface area contributed by atoms with Gasteiger partial charge in [0, 0.05) is 11.9 Å². The quantitative estimate of drug-likeness (QED) is 0.852. The second-order valence-electron chi connectivity index (χ2n) is 5.89. The minimum Gasteiger partial charge on any atom is -0.477 e. The number of nitrogens with zero attached hydrogens (tertiary/aromatic N) is 1. The first kappa shape index (κ1) is 16.4. The van der Waals surface area contributed by atoms with Gasteiger partial charge in [-0.15, -0.1) is 11.3 Å². The Kier molecular flexibility index (Phi) is 4.72. The average Bonchev–Trinajstić information content (AvgIpc) is 2.91. The molecule has 1 aliphatic heterocycles. The van der Waals surface area contributed by atoms with E-state index in [0.717, 1.165) is 37.3 Å². The topological polar surface area (TPSA) is 86.7 Å². The molecule has 1 aromatic heterocycles. The van der Waals surface area contributed by atoms with Gasteiger partial charge in [-0.3, -0.25) is 0 Å². The van der Waals surface area contributed by atoms with E-state index in [0.29, 0.717) is 6.54 Å². The van der Waals surface area contributed by atoms with E-state index < -0.39 is 16.0 Å². The summed E-state index contributed by atoms with van der Waals surface area (Å²) in [6.07, 6.45) is 1.88. The second-order valence-corrected chi connectivity index (χ2v) is 8.57. The average molecular weight is 332 g/mol. The molecule has 1 fully saturated rings. The minimum atomic E-state index is -3.64. The molecule has 0 radical (unpaired) electrons. The summed E-state index contributed by atoms with van der Waals surface area (Å²) < 4.78 is 27.0. The molecule has 8 heteroatoms. The predicted molar refractivity (Wildman–Crippen MR) is 81.3 cm³/mol. The van der Waals surface area contributed by atoms with Crippen LogP contribution in [0.3, 0.4) is 0 Å². The summed E-state index contributed by atoms with van der Waals surface area (Å²) in [6, 6.07) is 1.20. The van der Waals surface area contributed by atoms with E-state index in [4.69, 9.17) is 5.11 Å². The van der Waals surface area contributed by atoms with Gasteiger partial charge in [0.15, 0.2) is 0 Å². The van der Waals surface area contributed by atoms with E-state index in [1.165, 1.54) is 11.4 Å². The number of carboxylic acid groups (broad SMARTS) is 1. The standard InChI is InChI=1S/C13H20N2O4S2/c1-13(3-5-15(2)6-4-13)9-14-21(18,19)10-7-11(12(16)17)20-8-10/h7-8,14H,3-6,9H2,1-2H3,(H,16,17). The van der Waals surface area contributed by atoms with E-state index >= 15 is 0 Å². The molecule has 21 heavy (non-hydrogen) atoms. The first-order valence-electron chi connectivity index (χ1n) is 6.72. The largest absolute Gasteiger partial charge is 0.477 e. The van der Waals surface area contributed by atoms with Crippen molar-refractivity contribution >= 4 is 27.3 Å². The summed E-state index contributed by atoms with van der Waals surface area (Å²) >= 11 is 0.920. The Labute approximate surface area is 128 Å². The zero-order valence-electron chi connectivity index (χ0n) is 12.1. The number of carbonyl (C=O) groups is 1. The Morgan fingerprint density at radius 3 is 2.62 bits per heavy atom. The number of thiophene rings is 1. The van der Waals surface area contributed by atoms with Gasteiger partial charge in [-0.1, -0.05) is 6.92 Å². The highest BCUT2D eigenvalue weighted by Crippen LogP contribution is 2.30. The van der Waals surface area contributed by atoms with Gasteiger partial charge in [-0.2, -0.15) is 0 Å². The molecule has 0 atom stereocenters. The Hall–Kier alpha value is -0.960. The van der Waals surface area contributed by atoms with Crippen LogP contribution in [-0.4, -0.2) is 51.1 Å². The van der Waals surface area contributed by atoms with Gasteiger partial charge in [0.1, 0.15) is 4.88 Å². The summed E-state index contributed by atoms with van der Waals surface area (Å²) in [7, 11) is -1.58. The van der Waals surface area contributed by atoms with Crippen LogP contribution in [0.4, 0.5) is 0 Å². The summed E-state index contributed by atoms with van der Waals surface area (Å²) in [6.45, 7) is 4.37. The number of piperidine rings is 1. The lowest BCUT2D eigenvalue weighted by molar-refractivity contribution is 0.0702. The monoisotopic (exact) mass is 332 g/mol. The van der Waals surface area contributed by atoms with E-state index in [2.05, 4.69) is 23.6 Å². The van der Waals surface area contributed by atoms with Crippen molar-refractivity contribution < 1.29 is 18.3 Å². The van der Waals surface area contributed by atoms with E-state index in [-0.39, 0.29) is 15.2 Å². The molecule has 0 spiro atoms.